The van der Waals surface area contributed by atoms with Crippen molar-refractivity contribution in [3.63, 3.8) is 0 Å². The number of nitrogens with zero attached hydrogens (tertiary/aromatic N) is 2. The van der Waals surface area contributed by atoms with Crippen molar-refractivity contribution in [3.8, 4) is 0 Å². The molecule has 1 saturated heterocycles. The molecule has 0 spiro atoms. The minimum Gasteiger partial charge on any atom is -0.395 e. The Kier molecular flexibility index (Phi) is 6.57. The van der Waals surface area contributed by atoms with E-state index in [2.05, 4.69) is 4.90 Å². The molecule has 0 atom stereocenters. The van der Waals surface area contributed by atoms with Crippen molar-refractivity contribution >= 4 is 17.5 Å². The summed E-state index contributed by atoms with van der Waals surface area (Å²) in [7, 11) is 0. The van der Waals surface area contributed by atoms with Gasteiger partial charge in [-0.25, -0.2) is 4.39 Å². The second-order valence-corrected chi connectivity index (χ2v) is 5.51. The fraction of sp³-hybridized carbons (Fsp3) is 0.533. The zero-order valence-corrected chi connectivity index (χ0v) is 13.1. The Morgan fingerprint density at radius 3 is 2.73 bits per heavy atom. The fourth-order valence-electron chi connectivity index (χ4n) is 2.33. The van der Waals surface area contributed by atoms with Crippen LogP contribution in [-0.2, 0) is 4.74 Å². The van der Waals surface area contributed by atoms with Crippen LogP contribution in [0.5, 0.6) is 0 Å². The molecule has 0 radical (unpaired) electrons. The van der Waals surface area contributed by atoms with Crippen LogP contribution >= 0.6 is 11.6 Å². The zero-order chi connectivity index (χ0) is 15.9. The second-order valence-electron chi connectivity index (χ2n) is 5.10. The first-order chi connectivity index (χ1) is 10.6. The molecule has 1 heterocycles. The summed E-state index contributed by atoms with van der Waals surface area (Å²) in [6.07, 6.45) is 0. The van der Waals surface area contributed by atoms with Crippen LogP contribution in [0.25, 0.3) is 0 Å². The van der Waals surface area contributed by atoms with Crippen LogP contribution in [-0.4, -0.2) is 73.4 Å². The fourth-order valence-corrected chi connectivity index (χ4v) is 2.51. The standard InChI is InChI=1S/C15H20ClFN2O3/c16-13-11-12(1-2-14(13)17)15(21)19(5-8-20)4-3-18-6-9-22-10-7-18/h1-2,11,20H,3-10H2. The second kappa shape index (κ2) is 8.43. The van der Waals surface area contributed by atoms with E-state index in [0.29, 0.717) is 31.9 Å². The van der Waals surface area contributed by atoms with Gasteiger partial charge >= 0.3 is 0 Å². The molecule has 7 heteroatoms. The Morgan fingerprint density at radius 2 is 2.09 bits per heavy atom. The predicted octanol–water partition coefficient (Wildman–Crippen LogP) is 1.25. The number of aliphatic hydroxyl groups is 1. The van der Waals surface area contributed by atoms with Crippen molar-refractivity contribution in [1.82, 2.24) is 9.80 Å². The number of carbonyl (C=O) groups excluding carboxylic acids is 1. The molecule has 1 aliphatic heterocycles. The Labute approximate surface area is 134 Å². The normalized spacial score (nSPS) is 15.8. The maximum absolute atomic E-state index is 13.2. The summed E-state index contributed by atoms with van der Waals surface area (Å²) < 4.78 is 18.5. The summed E-state index contributed by atoms with van der Waals surface area (Å²) in [5, 5.41) is 9.07. The van der Waals surface area contributed by atoms with Crippen molar-refractivity contribution < 1.29 is 19.0 Å². The lowest BCUT2D eigenvalue weighted by Crippen LogP contribution is -2.43. The Morgan fingerprint density at radius 1 is 1.36 bits per heavy atom. The van der Waals surface area contributed by atoms with Gasteiger partial charge in [-0.1, -0.05) is 11.6 Å². The van der Waals surface area contributed by atoms with Crippen LogP contribution in [0.4, 0.5) is 4.39 Å². The summed E-state index contributed by atoms with van der Waals surface area (Å²) >= 11 is 5.72. The summed E-state index contributed by atoms with van der Waals surface area (Å²) in [5.74, 6) is -0.815. The van der Waals surface area contributed by atoms with Crippen molar-refractivity contribution in [2.75, 3.05) is 52.5 Å². The number of ether oxygens (including phenoxy) is 1. The first-order valence-corrected chi connectivity index (χ1v) is 7.65. The molecule has 0 unspecified atom stereocenters. The predicted molar refractivity (Wildman–Crippen MR) is 81.7 cm³/mol. The zero-order valence-electron chi connectivity index (χ0n) is 12.3. The van der Waals surface area contributed by atoms with Crippen LogP contribution in [0.2, 0.25) is 5.02 Å². The van der Waals surface area contributed by atoms with E-state index in [4.69, 9.17) is 21.4 Å². The lowest BCUT2D eigenvalue weighted by atomic mass is 10.2. The quantitative estimate of drug-likeness (QED) is 0.853. The molecule has 5 nitrogen and oxygen atoms in total. The Hall–Kier alpha value is -1.21. The monoisotopic (exact) mass is 330 g/mol. The number of rotatable bonds is 6. The van der Waals surface area contributed by atoms with Gasteiger partial charge in [0.05, 0.1) is 24.8 Å². The number of hydrogen-bond acceptors (Lipinski definition) is 4. The van der Waals surface area contributed by atoms with Crippen molar-refractivity contribution in [1.29, 1.82) is 0 Å². The highest BCUT2D eigenvalue weighted by molar-refractivity contribution is 6.31. The van der Waals surface area contributed by atoms with Crippen LogP contribution < -0.4 is 0 Å². The van der Waals surface area contributed by atoms with E-state index in [0.717, 1.165) is 13.1 Å². The average molecular weight is 331 g/mol. The van der Waals surface area contributed by atoms with Crippen molar-refractivity contribution in [2.24, 2.45) is 0 Å². The summed E-state index contributed by atoms with van der Waals surface area (Å²) in [6, 6.07) is 3.90. The molecule has 122 valence electrons. The molecule has 1 aliphatic rings. The number of amides is 1. The number of halogens is 2. The molecule has 0 bridgehead atoms. The largest absolute Gasteiger partial charge is 0.395 e. The van der Waals surface area contributed by atoms with Gasteiger partial charge in [-0.05, 0) is 18.2 Å². The summed E-state index contributed by atoms with van der Waals surface area (Å²) in [6.45, 7) is 4.39. The smallest absolute Gasteiger partial charge is 0.254 e. The molecular weight excluding hydrogens is 311 g/mol. The first-order valence-electron chi connectivity index (χ1n) is 7.27. The van der Waals surface area contributed by atoms with E-state index < -0.39 is 5.82 Å². The van der Waals surface area contributed by atoms with Gasteiger partial charge in [0.15, 0.2) is 0 Å². The van der Waals surface area contributed by atoms with Crippen LogP contribution in [0, 0.1) is 5.82 Å². The maximum Gasteiger partial charge on any atom is 0.254 e. The highest BCUT2D eigenvalue weighted by Crippen LogP contribution is 2.17. The van der Waals surface area contributed by atoms with Crippen molar-refractivity contribution in [2.45, 2.75) is 0 Å². The van der Waals surface area contributed by atoms with Gasteiger partial charge in [0, 0.05) is 38.3 Å². The van der Waals surface area contributed by atoms with Crippen LogP contribution in [0.3, 0.4) is 0 Å². The minimum absolute atomic E-state index is 0.0806. The van der Waals surface area contributed by atoms with Gasteiger partial charge in [-0.2, -0.15) is 0 Å². The summed E-state index contributed by atoms with van der Waals surface area (Å²) in [5.41, 5.74) is 0.321. The first kappa shape index (κ1) is 17.1. The number of hydrogen-bond donors (Lipinski definition) is 1. The third-order valence-corrected chi connectivity index (χ3v) is 3.90. The summed E-state index contributed by atoms with van der Waals surface area (Å²) in [4.78, 5) is 16.2. The molecule has 2 rings (SSSR count). The molecule has 1 aromatic carbocycles. The molecule has 22 heavy (non-hydrogen) atoms. The molecule has 1 aromatic rings. The van der Waals surface area contributed by atoms with Gasteiger partial charge in [0.1, 0.15) is 5.82 Å². The van der Waals surface area contributed by atoms with E-state index in [1.165, 1.54) is 18.2 Å². The number of aliphatic hydroxyl groups excluding tert-OH is 1. The van der Waals surface area contributed by atoms with E-state index in [-0.39, 0.29) is 24.1 Å². The number of carbonyl (C=O) groups is 1. The topological polar surface area (TPSA) is 53.0 Å². The van der Waals surface area contributed by atoms with Gasteiger partial charge < -0.3 is 14.7 Å². The lowest BCUT2D eigenvalue weighted by Gasteiger charge is -2.30. The maximum atomic E-state index is 13.2. The van der Waals surface area contributed by atoms with Crippen LogP contribution in [0.1, 0.15) is 10.4 Å². The Bertz CT molecular complexity index is 510. The third-order valence-electron chi connectivity index (χ3n) is 3.61. The molecule has 1 fully saturated rings. The molecule has 0 saturated carbocycles. The number of benzene rings is 1. The highest BCUT2D eigenvalue weighted by atomic mass is 35.5. The lowest BCUT2D eigenvalue weighted by molar-refractivity contribution is 0.0315. The van der Waals surface area contributed by atoms with Crippen LogP contribution in [0.15, 0.2) is 18.2 Å². The number of morpholine rings is 1. The average Bonchev–Trinajstić information content (AvgIpc) is 2.54. The van der Waals surface area contributed by atoms with E-state index in [9.17, 15) is 9.18 Å². The van der Waals surface area contributed by atoms with Gasteiger partial charge in [0.25, 0.3) is 5.91 Å². The molecule has 0 aromatic heterocycles. The highest BCUT2D eigenvalue weighted by Gasteiger charge is 2.18. The minimum atomic E-state index is -0.555. The molecule has 0 aliphatic carbocycles. The van der Waals surface area contributed by atoms with E-state index in [1.807, 2.05) is 0 Å². The van der Waals surface area contributed by atoms with E-state index >= 15 is 0 Å². The third kappa shape index (κ3) is 4.64. The molecule has 1 N–H and O–H groups in total. The van der Waals surface area contributed by atoms with Gasteiger partial charge in [-0.3, -0.25) is 9.69 Å². The van der Waals surface area contributed by atoms with E-state index in [1.54, 1.807) is 4.90 Å². The SMILES string of the molecule is O=C(c1ccc(F)c(Cl)c1)N(CCO)CCN1CCOCC1. The van der Waals surface area contributed by atoms with Gasteiger partial charge in [0.2, 0.25) is 0 Å². The molecule has 1 amide bonds. The van der Waals surface area contributed by atoms with Crippen molar-refractivity contribution in [3.05, 3.63) is 34.6 Å². The Balaban J connectivity index is 1.99. The van der Waals surface area contributed by atoms with Gasteiger partial charge in [-0.15, -0.1) is 0 Å². The molecular formula is C15H20ClFN2O3.